The van der Waals surface area contributed by atoms with Gasteiger partial charge in [0.1, 0.15) is 0 Å². The topological polar surface area (TPSA) is 67.6 Å². The number of carbonyl (C=O) groups is 1. The molecular formula is C16H25N3O2. The third kappa shape index (κ3) is 4.44. The van der Waals surface area contributed by atoms with Crippen LogP contribution in [0.3, 0.4) is 0 Å². The van der Waals surface area contributed by atoms with Gasteiger partial charge in [-0.05, 0) is 44.4 Å². The summed E-state index contributed by atoms with van der Waals surface area (Å²) in [6, 6.07) is 7.61. The van der Waals surface area contributed by atoms with Crippen molar-refractivity contribution in [2.24, 2.45) is 5.73 Å². The number of anilines is 1. The van der Waals surface area contributed by atoms with Gasteiger partial charge >= 0.3 is 6.03 Å². The second-order valence-electron chi connectivity index (χ2n) is 5.51. The molecule has 0 bridgehead atoms. The summed E-state index contributed by atoms with van der Waals surface area (Å²) in [4.78, 5) is 14.1. The van der Waals surface area contributed by atoms with Crippen molar-refractivity contribution in [1.29, 1.82) is 0 Å². The van der Waals surface area contributed by atoms with Crippen LogP contribution in [0.1, 0.15) is 38.3 Å². The van der Waals surface area contributed by atoms with E-state index in [9.17, 15) is 4.79 Å². The fraction of sp³-hybridized carbons (Fsp3) is 0.562. The van der Waals surface area contributed by atoms with Crippen LogP contribution in [0.4, 0.5) is 10.5 Å². The quantitative estimate of drug-likeness (QED) is 0.896. The zero-order valence-corrected chi connectivity index (χ0v) is 12.8. The van der Waals surface area contributed by atoms with E-state index in [1.54, 1.807) is 0 Å². The van der Waals surface area contributed by atoms with Crippen LogP contribution >= 0.6 is 0 Å². The standard InChI is InChI=1S/C16H25N3O2/c1-3-21-15-5-4-10-19(11-15)16(20)18-14-8-6-13(7-9-14)12(2)17/h6-9,12,15H,3-5,10-11,17H2,1-2H3,(H,18,20). The summed E-state index contributed by atoms with van der Waals surface area (Å²) in [7, 11) is 0. The molecule has 2 rings (SSSR count). The molecule has 1 aliphatic rings. The molecule has 1 aliphatic heterocycles. The van der Waals surface area contributed by atoms with Gasteiger partial charge in [0.15, 0.2) is 0 Å². The number of nitrogens with zero attached hydrogens (tertiary/aromatic N) is 1. The predicted molar refractivity (Wildman–Crippen MR) is 84.3 cm³/mol. The van der Waals surface area contributed by atoms with Crippen molar-refractivity contribution in [2.45, 2.75) is 38.8 Å². The summed E-state index contributed by atoms with van der Waals surface area (Å²) in [6.45, 7) is 6.07. The molecule has 2 amide bonds. The monoisotopic (exact) mass is 291 g/mol. The zero-order chi connectivity index (χ0) is 15.2. The highest BCUT2D eigenvalue weighted by Crippen LogP contribution is 2.17. The molecule has 3 N–H and O–H groups in total. The van der Waals surface area contributed by atoms with Gasteiger partial charge in [0, 0.05) is 31.4 Å². The molecule has 0 saturated carbocycles. The van der Waals surface area contributed by atoms with E-state index in [-0.39, 0.29) is 18.2 Å². The number of benzene rings is 1. The highest BCUT2D eigenvalue weighted by atomic mass is 16.5. The molecule has 116 valence electrons. The molecule has 0 spiro atoms. The Hall–Kier alpha value is -1.59. The number of hydrogen-bond donors (Lipinski definition) is 2. The van der Waals surface area contributed by atoms with Crippen LogP contribution in [0.5, 0.6) is 0 Å². The maximum absolute atomic E-state index is 12.3. The Bertz CT molecular complexity index is 457. The van der Waals surface area contributed by atoms with Crippen molar-refractivity contribution in [1.82, 2.24) is 4.90 Å². The van der Waals surface area contributed by atoms with Crippen LogP contribution in [0.25, 0.3) is 0 Å². The van der Waals surface area contributed by atoms with Crippen molar-refractivity contribution in [3.63, 3.8) is 0 Å². The first kappa shape index (κ1) is 15.8. The van der Waals surface area contributed by atoms with Gasteiger partial charge in [0.25, 0.3) is 0 Å². The minimum Gasteiger partial charge on any atom is -0.377 e. The number of rotatable bonds is 4. The zero-order valence-electron chi connectivity index (χ0n) is 12.8. The molecule has 1 saturated heterocycles. The van der Waals surface area contributed by atoms with E-state index >= 15 is 0 Å². The molecule has 0 aliphatic carbocycles. The number of urea groups is 1. The highest BCUT2D eigenvalue weighted by Gasteiger charge is 2.23. The van der Waals surface area contributed by atoms with E-state index in [2.05, 4.69) is 5.32 Å². The first-order valence-electron chi connectivity index (χ1n) is 7.63. The maximum Gasteiger partial charge on any atom is 0.321 e. The van der Waals surface area contributed by atoms with E-state index in [1.165, 1.54) is 0 Å². The van der Waals surface area contributed by atoms with Crippen molar-refractivity contribution in [2.75, 3.05) is 25.0 Å². The van der Waals surface area contributed by atoms with Gasteiger partial charge in [-0.15, -0.1) is 0 Å². The Morgan fingerprint density at radius 2 is 2.19 bits per heavy atom. The van der Waals surface area contributed by atoms with Crippen LogP contribution in [-0.2, 0) is 4.74 Å². The third-order valence-corrected chi connectivity index (χ3v) is 3.76. The number of piperidine rings is 1. The molecule has 1 fully saturated rings. The summed E-state index contributed by atoms with van der Waals surface area (Å²) < 4.78 is 5.62. The van der Waals surface area contributed by atoms with Crippen molar-refractivity contribution in [3.05, 3.63) is 29.8 Å². The summed E-state index contributed by atoms with van der Waals surface area (Å²) in [5.41, 5.74) is 7.67. The largest absolute Gasteiger partial charge is 0.377 e. The molecule has 5 nitrogen and oxygen atoms in total. The summed E-state index contributed by atoms with van der Waals surface area (Å²) in [5.74, 6) is 0. The Morgan fingerprint density at radius 1 is 1.48 bits per heavy atom. The molecule has 21 heavy (non-hydrogen) atoms. The lowest BCUT2D eigenvalue weighted by Crippen LogP contribution is -2.45. The van der Waals surface area contributed by atoms with E-state index in [0.29, 0.717) is 13.2 Å². The lowest BCUT2D eigenvalue weighted by atomic mass is 10.1. The lowest BCUT2D eigenvalue weighted by molar-refractivity contribution is 0.0181. The molecule has 1 heterocycles. The first-order chi connectivity index (χ1) is 10.1. The van der Waals surface area contributed by atoms with Gasteiger partial charge in [-0.2, -0.15) is 0 Å². The second-order valence-corrected chi connectivity index (χ2v) is 5.51. The van der Waals surface area contributed by atoms with Gasteiger partial charge in [0.05, 0.1) is 6.10 Å². The Labute approximate surface area is 126 Å². The van der Waals surface area contributed by atoms with Gasteiger partial charge in [-0.25, -0.2) is 4.79 Å². The lowest BCUT2D eigenvalue weighted by Gasteiger charge is -2.32. The van der Waals surface area contributed by atoms with Crippen LogP contribution < -0.4 is 11.1 Å². The summed E-state index contributed by atoms with van der Waals surface area (Å²) in [6.07, 6.45) is 2.18. The van der Waals surface area contributed by atoms with E-state index in [4.69, 9.17) is 10.5 Å². The Balaban J connectivity index is 1.91. The minimum atomic E-state index is -0.0621. The second kappa shape index (κ2) is 7.43. The van der Waals surface area contributed by atoms with E-state index in [0.717, 1.165) is 30.6 Å². The summed E-state index contributed by atoms with van der Waals surface area (Å²) >= 11 is 0. The number of carbonyl (C=O) groups excluding carboxylic acids is 1. The van der Waals surface area contributed by atoms with Crippen LogP contribution in [-0.4, -0.2) is 36.7 Å². The number of hydrogen-bond acceptors (Lipinski definition) is 3. The molecule has 5 heteroatoms. The maximum atomic E-state index is 12.3. The molecule has 1 aromatic rings. The smallest absolute Gasteiger partial charge is 0.321 e. The van der Waals surface area contributed by atoms with Gasteiger partial charge in [-0.3, -0.25) is 0 Å². The molecule has 0 radical (unpaired) electrons. The highest BCUT2D eigenvalue weighted by molar-refractivity contribution is 5.89. The third-order valence-electron chi connectivity index (χ3n) is 3.76. The molecule has 2 unspecified atom stereocenters. The van der Waals surface area contributed by atoms with Gasteiger partial charge < -0.3 is 20.7 Å². The van der Waals surface area contributed by atoms with Crippen molar-refractivity contribution >= 4 is 11.7 Å². The van der Waals surface area contributed by atoms with Crippen LogP contribution in [0, 0.1) is 0 Å². The van der Waals surface area contributed by atoms with E-state index < -0.39 is 0 Å². The molecule has 1 aromatic carbocycles. The molecular weight excluding hydrogens is 266 g/mol. The van der Waals surface area contributed by atoms with Crippen molar-refractivity contribution in [3.8, 4) is 0 Å². The average Bonchev–Trinajstić information content (AvgIpc) is 2.48. The summed E-state index contributed by atoms with van der Waals surface area (Å²) in [5, 5.41) is 2.93. The Kier molecular flexibility index (Phi) is 5.59. The average molecular weight is 291 g/mol. The van der Waals surface area contributed by atoms with E-state index in [1.807, 2.05) is 43.0 Å². The molecule has 0 aromatic heterocycles. The van der Waals surface area contributed by atoms with Gasteiger partial charge in [-0.1, -0.05) is 12.1 Å². The Morgan fingerprint density at radius 3 is 2.81 bits per heavy atom. The van der Waals surface area contributed by atoms with Crippen molar-refractivity contribution < 1.29 is 9.53 Å². The SMILES string of the molecule is CCOC1CCCN(C(=O)Nc2ccc(C(C)N)cc2)C1. The number of ether oxygens (including phenoxy) is 1. The minimum absolute atomic E-state index is 0.00352. The number of likely N-dealkylation sites (tertiary alicyclic amines) is 1. The van der Waals surface area contributed by atoms with Crippen LogP contribution in [0.15, 0.2) is 24.3 Å². The van der Waals surface area contributed by atoms with Gasteiger partial charge in [0.2, 0.25) is 0 Å². The first-order valence-corrected chi connectivity index (χ1v) is 7.63. The number of nitrogens with two attached hydrogens (primary N) is 1. The van der Waals surface area contributed by atoms with Crippen LogP contribution in [0.2, 0.25) is 0 Å². The fourth-order valence-corrected chi connectivity index (χ4v) is 2.57. The normalized spacial score (nSPS) is 20.1. The predicted octanol–water partition coefficient (Wildman–Crippen LogP) is 2.74. The molecule has 2 atom stereocenters. The fourth-order valence-electron chi connectivity index (χ4n) is 2.57. The number of nitrogens with one attached hydrogen (secondary N) is 1. The number of amides is 2.